The smallest absolute Gasteiger partial charge is 0.394 e. The summed E-state index contributed by atoms with van der Waals surface area (Å²) in [5, 5.41) is 0. The number of benzene rings is 2. The van der Waals surface area contributed by atoms with E-state index in [1.807, 2.05) is 0 Å². The van der Waals surface area contributed by atoms with Crippen LogP contribution in [-0.2, 0) is 7.59 Å². The van der Waals surface area contributed by atoms with Crippen LogP contribution in [0.4, 0.5) is 4.79 Å². The van der Waals surface area contributed by atoms with Gasteiger partial charge >= 0.3 is 6.16 Å². The predicted molar refractivity (Wildman–Crippen MR) is 98.0 cm³/mol. The Balaban J connectivity index is 2.22. The van der Waals surface area contributed by atoms with E-state index in [4.69, 9.17) is 79.1 Å². The molecule has 0 heterocycles. The lowest BCUT2D eigenvalue weighted by atomic mass is 10.2. The fourth-order valence-corrected chi connectivity index (χ4v) is 2.72. The molecule has 0 aliphatic rings. The maximum Gasteiger partial charge on any atom is 0.519 e. The second-order valence-electron chi connectivity index (χ2n) is 4.44. The molecule has 2 rings (SSSR count). The molecule has 0 unspecified atom stereocenters. The zero-order chi connectivity index (χ0) is 18.0. The van der Waals surface area contributed by atoms with Gasteiger partial charge in [-0.3, -0.25) is 0 Å². The van der Waals surface area contributed by atoms with Crippen molar-refractivity contribution in [1.29, 1.82) is 0 Å². The molecule has 0 radical (unpaired) electrons. The highest BCUT2D eigenvalue weighted by Gasteiger charge is 2.30. The van der Waals surface area contributed by atoms with Gasteiger partial charge in [0.2, 0.25) is 7.59 Å². The lowest BCUT2D eigenvalue weighted by Crippen LogP contribution is -2.18. The predicted octanol–water partition coefficient (Wildman–Crippen LogP) is 6.92. The van der Waals surface area contributed by atoms with Crippen molar-refractivity contribution >= 4 is 75.8 Å². The highest BCUT2D eigenvalue weighted by molar-refractivity contribution is 6.67. The molecule has 0 saturated heterocycles. The summed E-state index contributed by atoms with van der Waals surface area (Å²) in [4.78, 5) is 12.0. The van der Waals surface area contributed by atoms with E-state index in [0.717, 1.165) is 0 Å². The van der Waals surface area contributed by atoms with Crippen LogP contribution in [-0.4, -0.2) is 6.16 Å². The number of halogens is 6. The van der Waals surface area contributed by atoms with Gasteiger partial charge in [-0.15, -0.1) is 0 Å². The zero-order valence-corrected chi connectivity index (χ0v) is 16.1. The Labute approximate surface area is 168 Å². The quantitative estimate of drug-likeness (QED) is 0.284. The highest BCUT2D eigenvalue weighted by atomic mass is 35.6. The molecule has 2 aromatic rings. The number of rotatable bonds is 2. The van der Waals surface area contributed by atoms with Crippen LogP contribution in [0.1, 0.15) is 11.1 Å². The van der Waals surface area contributed by atoms with Crippen LogP contribution in [0.3, 0.4) is 0 Å². The first-order valence-corrected chi connectivity index (χ1v) is 8.58. The van der Waals surface area contributed by atoms with E-state index in [0.29, 0.717) is 0 Å². The number of carbonyl (C=O) groups is 1. The normalized spacial score (nSPS) is 11.9. The first-order chi connectivity index (χ1) is 11.1. The summed E-state index contributed by atoms with van der Waals surface area (Å²) >= 11 is 35.0. The van der Waals surface area contributed by atoms with Gasteiger partial charge in [0.1, 0.15) is 11.5 Å². The lowest BCUT2D eigenvalue weighted by molar-refractivity contribution is 0.151. The number of hydrogen-bond donors (Lipinski definition) is 0. The van der Waals surface area contributed by atoms with Crippen molar-refractivity contribution in [2.24, 2.45) is 0 Å². The van der Waals surface area contributed by atoms with Crippen LogP contribution >= 0.6 is 69.6 Å². The largest absolute Gasteiger partial charge is 0.519 e. The summed E-state index contributed by atoms with van der Waals surface area (Å²) in [5.74, 6) is 0.0720. The average Bonchev–Trinajstić information content (AvgIpc) is 2.46. The van der Waals surface area contributed by atoms with Crippen LogP contribution in [0.15, 0.2) is 48.5 Å². The summed E-state index contributed by atoms with van der Waals surface area (Å²) in [7, 11) is 0. The molecular formula is C15H8Cl6O3. The molecule has 128 valence electrons. The third-order valence-electron chi connectivity index (χ3n) is 2.77. The fourth-order valence-electron chi connectivity index (χ4n) is 1.78. The van der Waals surface area contributed by atoms with Gasteiger partial charge in [0.25, 0.3) is 0 Å². The van der Waals surface area contributed by atoms with Crippen molar-refractivity contribution in [3.63, 3.8) is 0 Å². The first-order valence-electron chi connectivity index (χ1n) is 6.31. The van der Waals surface area contributed by atoms with Crippen molar-refractivity contribution in [2.75, 3.05) is 0 Å². The molecule has 0 aliphatic carbocycles. The molecule has 0 aliphatic heterocycles. The molecule has 0 aromatic heterocycles. The minimum atomic E-state index is -1.77. The Hall–Kier alpha value is -0.550. The second kappa shape index (κ2) is 7.77. The molecule has 0 amide bonds. The molecule has 9 heteroatoms. The van der Waals surface area contributed by atoms with Gasteiger partial charge in [0.15, 0.2) is 0 Å². The maximum absolute atomic E-state index is 12.0. The van der Waals surface area contributed by atoms with Crippen LogP contribution in [0.25, 0.3) is 0 Å². The molecule has 0 atom stereocenters. The van der Waals surface area contributed by atoms with E-state index in [1.165, 1.54) is 24.3 Å². The van der Waals surface area contributed by atoms with E-state index in [9.17, 15) is 4.79 Å². The van der Waals surface area contributed by atoms with Gasteiger partial charge in [-0.1, -0.05) is 106 Å². The Morgan fingerprint density at radius 3 is 1.33 bits per heavy atom. The molecule has 24 heavy (non-hydrogen) atoms. The van der Waals surface area contributed by atoms with Gasteiger partial charge in [-0.2, -0.15) is 0 Å². The number of para-hydroxylation sites is 2. The molecule has 0 N–H and O–H groups in total. The Morgan fingerprint density at radius 1 is 0.667 bits per heavy atom. The van der Waals surface area contributed by atoms with E-state index in [1.54, 1.807) is 24.3 Å². The van der Waals surface area contributed by atoms with Crippen molar-refractivity contribution in [1.82, 2.24) is 0 Å². The van der Waals surface area contributed by atoms with Crippen LogP contribution in [0.2, 0.25) is 0 Å². The Kier molecular flexibility index (Phi) is 6.40. The summed E-state index contributed by atoms with van der Waals surface area (Å²) < 4.78 is 6.66. The monoisotopic (exact) mass is 446 g/mol. The van der Waals surface area contributed by atoms with E-state index < -0.39 is 13.7 Å². The second-order valence-corrected chi connectivity index (χ2v) is 9.00. The number of hydrogen-bond acceptors (Lipinski definition) is 3. The van der Waals surface area contributed by atoms with Gasteiger partial charge in [-0.05, 0) is 12.1 Å². The van der Waals surface area contributed by atoms with E-state index in [-0.39, 0.29) is 22.6 Å². The third-order valence-corrected chi connectivity index (χ3v) is 3.99. The average molecular weight is 449 g/mol. The summed E-state index contributed by atoms with van der Waals surface area (Å²) in [6, 6.07) is 12.4. The third kappa shape index (κ3) is 5.22. The summed E-state index contributed by atoms with van der Waals surface area (Å²) in [6.07, 6.45) is -1.07. The van der Waals surface area contributed by atoms with Gasteiger partial charge < -0.3 is 9.47 Å². The maximum atomic E-state index is 12.0. The Morgan fingerprint density at radius 2 is 1.00 bits per heavy atom. The number of alkyl halides is 6. The van der Waals surface area contributed by atoms with Gasteiger partial charge in [0.05, 0.1) is 0 Å². The van der Waals surface area contributed by atoms with Crippen molar-refractivity contribution < 1.29 is 14.3 Å². The minimum absolute atomic E-state index is 0.0360. The SMILES string of the molecule is O=C(Oc1ccccc1C(Cl)(Cl)Cl)Oc1ccccc1C(Cl)(Cl)Cl. The van der Waals surface area contributed by atoms with Crippen LogP contribution in [0, 0.1) is 0 Å². The zero-order valence-electron chi connectivity index (χ0n) is 11.6. The highest BCUT2D eigenvalue weighted by Crippen LogP contribution is 2.44. The van der Waals surface area contributed by atoms with Crippen LogP contribution < -0.4 is 9.47 Å². The van der Waals surface area contributed by atoms with Gasteiger partial charge in [0, 0.05) is 11.1 Å². The minimum Gasteiger partial charge on any atom is -0.394 e. The standard InChI is InChI=1S/C15H8Cl6O3/c16-14(17,18)9-5-1-3-7-11(9)23-13(22)24-12-8-4-2-6-10(12)15(19,20)21/h1-8H. The van der Waals surface area contributed by atoms with Crippen LogP contribution in [0.5, 0.6) is 11.5 Å². The molecule has 0 saturated carbocycles. The van der Waals surface area contributed by atoms with E-state index in [2.05, 4.69) is 0 Å². The molecule has 3 nitrogen and oxygen atoms in total. The topological polar surface area (TPSA) is 35.5 Å². The number of carbonyl (C=O) groups excluding carboxylic acids is 1. The molecule has 0 spiro atoms. The number of ether oxygens (including phenoxy) is 2. The van der Waals surface area contributed by atoms with Gasteiger partial charge in [-0.25, -0.2) is 4.79 Å². The molecular weight excluding hydrogens is 441 g/mol. The Bertz CT molecular complexity index is 675. The summed E-state index contributed by atoms with van der Waals surface area (Å²) in [5.41, 5.74) is 0.364. The first kappa shape index (κ1) is 19.8. The van der Waals surface area contributed by atoms with Crippen molar-refractivity contribution in [3.05, 3.63) is 59.7 Å². The van der Waals surface area contributed by atoms with E-state index >= 15 is 0 Å². The van der Waals surface area contributed by atoms with Crippen molar-refractivity contribution in [3.8, 4) is 11.5 Å². The fraction of sp³-hybridized carbons (Fsp3) is 0.133. The molecule has 2 aromatic carbocycles. The molecule has 0 bridgehead atoms. The molecule has 0 fully saturated rings. The van der Waals surface area contributed by atoms with Crippen molar-refractivity contribution in [2.45, 2.75) is 7.59 Å². The lowest BCUT2D eigenvalue weighted by Gasteiger charge is -2.17. The summed E-state index contributed by atoms with van der Waals surface area (Å²) in [6.45, 7) is 0.